The summed E-state index contributed by atoms with van der Waals surface area (Å²) in [6.07, 6.45) is 0. The number of thiazole rings is 1. The number of carbonyl (C=O) groups excluding carboxylic acids is 2. The molecule has 1 aromatic carbocycles. The lowest BCUT2D eigenvalue weighted by molar-refractivity contribution is 0.0844. The molecule has 0 atom stereocenters. The van der Waals surface area contributed by atoms with Crippen LogP contribution in [0.5, 0.6) is 0 Å². The Labute approximate surface area is 159 Å². The maximum atomic E-state index is 14.0. The number of aromatic nitrogens is 1. The van der Waals surface area contributed by atoms with Crippen molar-refractivity contribution in [2.75, 3.05) is 50.2 Å². The molecule has 1 fully saturated rings. The second-order valence-corrected chi connectivity index (χ2v) is 6.92. The van der Waals surface area contributed by atoms with Crippen molar-refractivity contribution < 1.29 is 18.7 Å². The Morgan fingerprint density at radius 2 is 1.93 bits per heavy atom. The van der Waals surface area contributed by atoms with E-state index in [1.54, 1.807) is 24.4 Å². The van der Waals surface area contributed by atoms with Gasteiger partial charge in [0.1, 0.15) is 11.5 Å². The third-order valence-corrected chi connectivity index (χ3v) is 4.89. The van der Waals surface area contributed by atoms with Gasteiger partial charge in [0.2, 0.25) is 0 Å². The van der Waals surface area contributed by atoms with E-state index >= 15 is 0 Å². The quantitative estimate of drug-likeness (QED) is 0.761. The number of hydrogen-bond donors (Lipinski definition) is 2. The predicted octanol–water partition coefficient (Wildman–Crippen LogP) is 1.26. The maximum absolute atomic E-state index is 14.0. The van der Waals surface area contributed by atoms with Crippen LogP contribution in [0.2, 0.25) is 0 Å². The van der Waals surface area contributed by atoms with Crippen LogP contribution in [0.1, 0.15) is 20.8 Å². The summed E-state index contributed by atoms with van der Waals surface area (Å²) >= 11 is 1.35. The summed E-state index contributed by atoms with van der Waals surface area (Å²) in [5.74, 6) is -1.67. The molecule has 1 saturated heterocycles. The van der Waals surface area contributed by atoms with Gasteiger partial charge in [-0.05, 0) is 18.2 Å². The normalized spacial score (nSPS) is 14.0. The van der Waals surface area contributed by atoms with Gasteiger partial charge in [-0.1, -0.05) is 0 Å². The van der Waals surface area contributed by atoms with Gasteiger partial charge in [-0.25, -0.2) is 9.37 Å². The number of ether oxygens (including phenoxy) is 1. The van der Waals surface area contributed by atoms with Gasteiger partial charge in [0.05, 0.1) is 18.9 Å². The molecule has 2 heterocycles. The van der Waals surface area contributed by atoms with E-state index in [1.165, 1.54) is 23.5 Å². The largest absolute Gasteiger partial charge is 0.378 e. The smallest absolute Gasteiger partial charge is 0.289 e. The van der Waals surface area contributed by atoms with E-state index in [9.17, 15) is 14.0 Å². The van der Waals surface area contributed by atoms with Gasteiger partial charge in [0.15, 0.2) is 5.13 Å². The summed E-state index contributed by atoms with van der Waals surface area (Å²) in [5, 5.41) is 2.36. The van der Waals surface area contributed by atoms with Crippen molar-refractivity contribution in [1.29, 1.82) is 0 Å². The average Bonchev–Trinajstić information content (AvgIpc) is 3.16. The summed E-state index contributed by atoms with van der Waals surface area (Å²) in [7, 11) is 3.41. The third-order valence-electron chi connectivity index (χ3n) is 3.99. The molecule has 1 aliphatic heterocycles. The summed E-state index contributed by atoms with van der Waals surface area (Å²) in [5.41, 5.74) is 5.25. The van der Waals surface area contributed by atoms with Crippen LogP contribution in [0, 0.1) is 5.82 Å². The lowest BCUT2D eigenvalue weighted by Crippen LogP contribution is -2.42. The second-order valence-electron chi connectivity index (χ2n) is 6.08. The Kier molecular flexibility index (Phi) is 5.87. The Morgan fingerprint density at radius 1 is 1.22 bits per heavy atom. The lowest BCUT2D eigenvalue weighted by atomic mass is 10.2. The van der Waals surface area contributed by atoms with E-state index in [0.29, 0.717) is 18.9 Å². The van der Waals surface area contributed by atoms with Crippen molar-refractivity contribution in [2.24, 2.45) is 0 Å². The number of nitrogens with zero attached hydrogens (tertiary/aromatic N) is 3. The van der Waals surface area contributed by atoms with Gasteiger partial charge >= 0.3 is 0 Å². The van der Waals surface area contributed by atoms with Crippen molar-refractivity contribution in [1.82, 2.24) is 15.8 Å². The molecule has 2 amide bonds. The Balaban J connectivity index is 1.58. The van der Waals surface area contributed by atoms with Crippen molar-refractivity contribution in [3.8, 4) is 0 Å². The van der Waals surface area contributed by atoms with Crippen LogP contribution in [0.4, 0.5) is 15.2 Å². The van der Waals surface area contributed by atoms with Crippen molar-refractivity contribution in [2.45, 2.75) is 0 Å². The van der Waals surface area contributed by atoms with Crippen LogP contribution < -0.4 is 20.7 Å². The number of rotatable bonds is 4. The molecular formula is C17H20FN5O3S. The average molecular weight is 393 g/mol. The molecule has 0 radical (unpaired) electrons. The fourth-order valence-electron chi connectivity index (χ4n) is 2.53. The molecule has 27 heavy (non-hydrogen) atoms. The van der Waals surface area contributed by atoms with E-state index in [4.69, 9.17) is 4.74 Å². The molecule has 8 nitrogen and oxygen atoms in total. The van der Waals surface area contributed by atoms with Crippen molar-refractivity contribution >= 4 is 34.0 Å². The highest BCUT2D eigenvalue weighted by atomic mass is 32.1. The molecule has 0 saturated carbocycles. The number of carbonyl (C=O) groups is 2. The summed E-state index contributed by atoms with van der Waals surface area (Å²) in [6, 6.07) is 4.11. The van der Waals surface area contributed by atoms with Gasteiger partial charge in [-0.2, -0.15) is 0 Å². The molecule has 144 valence electrons. The zero-order valence-corrected chi connectivity index (χ0v) is 15.8. The predicted molar refractivity (Wildman–Crippen MR) is 101 cm³/mol. The lowest BCUT2D eigenvalue weighted by Gasteiger charge is -2.25. The van der Waals surface area contributed by atoms with E-state index in [0.717, 1.165) is 24.3 Å². The monoisotopic (exact) mass is 393 g/mol. The first-order valence-corrected chi connectivity index (χ1v) is 9.19. The van der Waals surface area contributed by atoms with Gasteiger partial charge in [-0.15, -0.1) is 11.3 Å². The second kappa shape index (κ2) is 8.31. The van der Waals surface area contributed by atoms with Crippen LogP contribution in [0.15, 0.2) is 23.6 Å². The van der Waals surface area contributed by atoms with Crippen LogP contribution in [0.25, 0.3) is 0 Å². The van der Waals surface area contributed by atoms with E-state index in [1.807, 2.05) is 4.90 Å². The van der Waals surface area contributed by atoms with Gasteiger partial charge in [-0.3, -0.25) is 20.4 Å². The zero-order chi connectivity index (χ0) is 19.4. The van der Waals surface area contributed by atoms with Crippen molar-refractivity contribution in [3.63, 3.8) is 0 Å². The molecule has 2 N–H and O–H groups in total. The zero-order valence-electron chi connectivity index (χ0n) is 15.0. The van der Waals surface area contributed by atoms with Gasteiger partial charge < -0.3 is 14.5 Å². The third kappa shape index (κ3) is 4.52. The van der Waals surface area contributed by atoms with Crippen LogP contribution >= 0.6 is 11.3 Å². The number of halogens is 1. The number of benzene rings is 1. The standard InChI is InChI=1S/C17H20FN5O3S/c1-22(2)14-4-3-11(9-12(14)18)15(24)20-21-16(25)13-10-27-17(19-13)23-5-7-26-8-6-23/h3-4,9-10H,5-8H2,1-2H3,(H,20,24)(H,21,25). The Bertz CT molecular complexity index is 836. The minimum absolute atomic E-state index is 0.102. The highest BCUT2D eigenvalue weighted by Crippen LogP contribution is 2.21. The summed E-state index contributed by atoms with van der Waals surface area (Å²) < 4.78 is 19.3. The van der Waals surface area contributed by atoms with E-state index in [-0.39, 0.29) is 11.3 Å². The Hall–Kier alpha value is -2.72. The molecule has 3 rings (SSSR count). The molecule has 10 heteroatoms. The fraction of sp³-hybridized carbons (Fsp3) is 0.353. The first kappa shape index (κ1) is 19.1. The number of hydrogen-bond acceptors (Lipinski definition) is 7. The molecule has 1 aliphatic rings. The van der Waals surface area contributed by atoms with Gasteiger partial charge in [0, 0.05) is 38.1 Å². The fourth-order valence-corrected chi connectivity index (χ4v) is 3.39. The summed E-state index contributed by atoms with van der Waals surface area (Å²) in [4.78, 5) is 32.2. The van der Waals surface area contributed by atoms with Crippen molar-refractivity contribution in [3.05, 3.63) is 40.7 Å². The Morgan fingerprint density at radius 3 is 2.59 bits per heavy atom. The SMILES string of the molecule is CN(C)c1ccc(C(=O)NNC(=O)c2csc(N3CCOCC3)n2)cc1F. The maximum Gasteiger partial charge on any atom is 0.289 e. The number of hydrazine groups is 1. The molecular weight excluding hydrogens is 373 g/mol. The summed E-state index contributed by atoms with van der Waals surface area (Å²) in [6.45, 7) is 2.69. The minimum Gasteiger partial charge on any atom is -0.378 e. The van der Waals surface area contributed by atoms with Gasteiger partial charge in [0.25, 0.3) is 11.8 Å². The highest BCUT2D eigenvalue weighted by molar-refractivity contribution is 7.13. The molecule has 0 spiro atoms. The highest BCUT2D eigenvalue weighted by Gasteiger charge is 2.18. The number of amides is 2. The van der Waals surface area contributed by atoms with Crippen LogP contribution in [-0.4, -0.2) is 57.2 Å². The minimum atomic E-state index is -0.615. The molecule has 2 aromatic rings. The molecule has 1 aromatic heterocycles. The first-order chi connectivity index (χ1) is 13.0. The topological polar surface area (TPSA) is 86.8 Å². The number of anilines is 2. The van der Waals surface area contributed by atoms with Crippen LogP contribution in [0.3, 0.4) is 0 Å². The van der Waals surface area contributed by atoms with Crippen LogP contribution in [-0.2, 0) is 4.74 Å². The van der Waals surface area contributed by atoms with E-state index < -0.39 is 17.6 Å². The van der Waals surface area contributed by atoms with E-state index in [2.05, 4.69) is 15.8 Å². The number of nitrogens with one attached hydrogen (secondary N) is 2. The number of morpholine rings is 1. The molecule has 0 bridgehead atoms. The first-order valence-electron chi connectivity index (χ1n) is 8.31. The molecule has 0 unspecified atom stereocenters. The molecule has 0 aliphatic carbocycles.